The Balaban J connectivity index is 2.08. The van der Waals surface area contributed by atoms with Crippen LogP contribution in [0.25, 0.3) is 10.9 Å². The summed E-state index contributed by atoms with van der Waals surface area (Å²) in [5, 5.41) is 27.1. The predicted molar refractivity (Wildman–Crippen MR) is 149 cm³/mol. The Morgan fingerprint density at radius 3 is 2.17 bits per heavy atom. The molecule has 1 aromatic carbocycles. The normalized spacial score (nSPS) is 13.8. The maximum Gasteiger partial charge on any atom is 0.326 e. The number of aliphatic hydroxyl groups is 1. The Bertz CT molecular complexity index is 1260. The van der Waals surface area contributed by atoms with Gasteiger partial charge in [-0.2, -0.15) is 0 Å². The highest BCUT2D eigenvalue weighted by Gasteiger charge is 2.30. The number of primary amides is 1. The van der Waals surface area contributed by atoms with Crippen LogP contribution in [0.2, 0.25) is 0 Å². The van der Waals surface area contributed by atoms with Gasteiger partial charge < -0.3 is 54.1 Å². The van der Waals surface area contributed by atoms with Gasteiger partial charge in [0.25, 0.3) is 0 Å². The molecule has 0 radical (unpaired) electrons. The lowest BCUT2D eigenvalue weighted by Gasteiger charge is -2.24. The van der Waals surface area contributed by atoms with Gasteiger partial charge in [-0.15, -0.1) is 0 Å². The molecule has 14 N–H and O–H groups in total. The second-order valence-corrected chi connectivity index (χ2v) is 9.33. The number of rotatable bonds is 17. The van der Waals surface area contributed by atoms with Crippen LogP contribution >= 0.6 is 0 Å². The molecule has 16 heteroatoms. The number of para-hydroxylation sites is 1. The summed E-state index contributed by atoms with van der Waals surface area (Å²) in [5.41, 5.74) is 23.4. The van der Waals surface area contributed by atoms with Crippen molar-refractivity contribution in [3.8, 4) is 0 Å². The fraction of sp³-hybridized carbons (Fsp3) is 0.440. The summed E-state index contributed by atoms with van der Waals surface area (Å²) >= 11 is 0. The summed E-state index contributed by atoms with van der Waals surface area (Å²) in [6, 6.07) is 2.18. The average molecular weight is 576 g/mol. The summed E-state index contributed by atoms with van der Waals surface area (Å²) in [4.78, 5) is 68.2. The number of aliphatic carboxylic acids is 1. The topological polar surface area (TPSA) is 294 Å². The number of amides is 4. The number of carbonyl (C=O) groups excluding carboxylic acids is 4. The fourth-order valence-electron chi connectivity index (χ4n) is 3.96. The van der Waals surface area contributed by atoms with Crippen molar-refractivity contribution >= 4 is 46.5 Å². The maximum absolute atomic E-state index is 13.0. The first-order chi connectivity index (χ1) is 19.4. The van der Waals surface area contributed by atoms with Crippen molar-refractivity contribution < 1.29 is 34.2 Å². The van der Waals surface area contributed by atoms with Crippen LogP contribution in [0.1, 0.15) is 31.2 Å². The van der Waals surface area contributed by atoms with Crippen LogP contribution in [0.3, 0.4) is 0 Å². The summed E-state index contributed by atoms with van der Waals surface area (Å²) < 4.78 is 0. The highest BCUT2D eigenvalue weighted by atomic mass is 16.4. The van der Waals surface area contributed by atoms with E-state index in [4.69, 9.17) is 22.9 Å². The number of nitrogens with two attached hydrogens (primary N) is 4. The third kappa shape index (κ3) is 10.4. The number of aliphatic hydroxyl groups excluding tert-OH is 1. The van der Waals surface area contributed by atoms with Crippen LogP contribution in [0.5, 0.6) is 0 Å². The number of guanidine groups is 1. The molecular formula is C25H37N9O7. The van der Waals surface area contributed by atoms with E-state index >= 15 is 0 Å². The molecule has 0 saturated heterocycles. The van der Waals surface area contributed by atoms with E-state index in [1.807, 2.05) is 24.3 Å². The number of nitrogens with one attached hydrogen (secondary N) is 4. The van der Waals surface area contributed by atoms with Gasteiger partial charge in [0.1, 0.15) is 18.1 Å². The molecule has 2 rings (SSSR count). The molecule has 0 saturated carbocycles. The van der Waals surface area contributed by atoms with Gasteiger partial charge in [-0.05, 0) is 37.3 Å². The number of carboxylic acid groups (broad SMARTS) is 1. The Morgan fingerprint density at radius 1 is 0.902 bits per heavy atom. The summed E-state index contributed by atoms with van der Waals surface area (Å²) in [7, 11) is 0. The Hall–Kier alpha value is -4.70. The van der Waals surface area contributed by atoms with Gasteiger partial charge in [0, 0.05) is 30.1 Å². The third-order valence-corrected chi connectivity index (χ3v) is 6.14. The molecular weight excluding hydrogens is 538 g/mol. The largest absolute Gasteiger partial charge is 0.480 e. The van der Waals surface area contributed by atoms with E-state index in [2.05, 4.69) is 25.9 Å². The van der Waals surface area contributed by atoms with Crippen LogP contribution in [0.15, 0.2) is 35.5 Å². The minimum absolute atomic E-state index is 0.0251. The van der Waals surface area contributed by atoms with Crippen molar-refractivity contribution in [3.63, 3.8) is 0 Å². The molecule has 0 fully saturated rings. The molecule has 0 aliphatic rings. The van der Waals surface area contributed by atoms with Crippen molar-refractivity contribution in [1.82, 2.24) is 20.9 Å². The smallest absolute Gasteiger partial charge is 0.326 e. The van der Waals surface area contributed by atoms with Gasteiger partial charge in [-0.3, -0.25) is 24.2 Å². The summed E-state index contributed by atoms with van der Waals surface area (Å²) in [6.07, 6.45) is 1.50. The van der Waals surface area contributed by atoms with E-state index < -0.39 is 60.4 Å². The minimum atomic E-state index is -1.46. The maximum atomic E-state index is 13.0. The van der Waals surface area contributed by atoms with Crippen molar-refractivity contribution in [2.45, 2.75) is 56.3 Å². The molecule has 4 atom stereocenters. The minimum Gasteiger partial charge on any atom is -0.480 e. The number of carbonyl (C=O) groups is 5. The van der Waals surface area contributed by atoms with Crippen LogP contribution in [-0.4, -0.2) is 88.1 Å². The number of fused-ring (bicyclic) bond motifs is 1. The van der Waals surface area contributed by atoms with E-state index in [1.54, 1.807) is 6.20 Å². The molecule has 4 unspecified atom stereocenters. The molecule has 0 aliphatic heterocycles. The molecule has 0 bridgehead atoms. The number of hydrogen-bond donors (Lipinski definition) is 10. The van der Waals surface area contributed by atoms with Crippen LogP contribution in [0.4, 0.5) is 0 Å². The number of nitrogens with zero attached hydrogens (tertiary/aromatic N) is 1. The molecule has 1 heterocycles. The van der Waals surface area contributed by atoms with Gasteiger partial charge in [0.05, 0.1) is 12.6 Å². The van der Waals surface area contributed by atoms with Crippen LogP contribution in [-0.2, 0) is 30.4 Å². The fourth-order valence-corrected chi connectivity index (χ4v) is 3.96. The zero-order valence-electron chi connectivity index (χ0n) is 22.3. The Morgan fingerprint density at radius 2 is 1.54 bits per heavy atom. The van der Waals surface area contributed by atoms with Crippen molar-refractivity contribution in [1.29, 1.82) is 0 Å². The zero-order chi connectivity index (χ0) is 30.5. The van der Waals surface area contributed by atoms with Crippen molar-refractivity contribution in [2.24, 2.45) is 27.9 Å². The van der Waals surface area contributed by atoms with Crippen molar-refractivity contribution in [3.05, 3.63) is 36.0 Å². The number of hydrogen-bond acceptors (Lipinski definition) is 8. The average Bonchev–Trinajstić information content (AvgIpc) is 3.32. The zero-order valence-corrected chi connectivity index (χ0v) is 22.3. The summed E-state index contributed by atoms with van der Waals surface area (Å²) in [6.45, 7) is -0.703. The molecule has 224 valence electrons. The van der Waals surface area contributed by atoms with Crippen molar-refractivity contribution in [2.75, 3.05) is 13.2 Å². The molecule has 1 aromatic heterocycles. The lowest BCUT2D eigenvalue weighted by molar-refractivity contribution is -0.142. The monoisotopic (exact) mass is 575 g/mol. The number of H-pyrrole nitrogens is 1. The van der Waals surface area contributed by atoms with E-state index in [0.29, 0.717) is 0 Å². The number of aliphatic imine (C=N–C) groups is 1. The van der Waals surface area contributed by atoms with Gasteiger partial charge in [-0.1, -0.05) is 18.2 Å². The van der Waals surface area contributed by atoms with E-state index in [9.17, 15) is 34.2 Å². The first-order valence-corrected chi connectivity index (χ1v) is 12.8. The van der Waals surface area contributed by atoms with E-state index in [-0.39, 0.29) is 44.6 Å². The van der Waals surface area contributed by atoms with E-state index in [0.717, 1.165) is 16.5 Å². The highest BCUT2D eigenvalue weighted by molar-refractivity contribution is 5.94. The lowest BCUT2D eigenvalue weighted by Crippen LogP contribution is -2.58. The number of aromatic amines is 1. The lowest BCUT2D eigenvalue weighted by atomic mass is 10.0. The van der Waals surface area contributed by atoms with Crippen LogP contribution in [0, 0.1) is 0 Å². The molecule has 0 spiro atoms. The Labute approximate surface area is 235 Å². The predicted octanol–water partition coefficient (Wildman–Crippen LogP) is -3.11. The SMILES string of the molecule is NC(=O)CCC(NC(=O)C(CCCN=C(N)N)NC(=O)C(CO)NC(=O)C(N)Cc1c[nH]c2ccccc12)C(=O)O. The first-order valence-electron chi connectivity index (χ1n) is 12.8. The number of aromatic nitrogens is 1. The molecule has 4 amide bonds. The number of benzene rings is 1. The molecule has 0 aliphatic carbocycles. The van der Waals surface area contributed by atoms with Gasteiger partial charge >= 0.3 is 5.97 Å². The van der Waals surface area contributed by atoms with E-state index in [1.165, 1.54) is 0 Å². The first kappa shape index (κ1) is 32.5. The van der Waals surface area contributed by atoms with Gasteiger partial charge in [-0.25, -0.2) is 4.79 Å². The molecule has 2 aromatic rings. The standard InChI is InChI=1S/C25H37N9O7/c26-15(10-13-11-31-16-5-2-1-4-14(13)16)21(37)34-19(12-35)23(39)32-17(6-3-9-30-25(28)29)22(38)33-18(24(40)41)7-8-20(27)36/h1-2,4-5,11,15,17-19,31,35H,3,6-10,12,26H2,(H2,27,36)(H,32,39)(H,33,38)(H,34,37)(H,40,41)(H4,28,29,30). The van der Waals surface area contributed by atoms with Gasteiger partial charge in [0.15, 0.2) is 5.96 Å². The second-order valence-electron chi connectivity index (χ2n) is 9.33. The molecule has 16 nitrogen and oxygen atoms in total. The van der Waals surface area contributed by atoms with Crippen LogP contribution < -0.4 is 38.9 Å². The third-order valence-electron chi connectivity index (χ3n) is 6.14. The second kappa shape index (κ2) is 15.8. The van der Waals surface area contributed by atoms with Gasteiger partial charge in [0.2, 0.25) is 23.6 Å². The molecule has 41 heavy (non-hydrogen) atoms. The number of carboxylic acids is 1. The highest BCUT2D eigenvalue weighted by Crippen LogP contribution is 2.18. The Kier molecular flexibility index (Phi) is 12.5. The summed E-state index contributed by atoms with van der Waals surface area (Å²) in [5.74, 6) is -4.84. The quantitative estimate of drug-likeness (QED) is 0.0514.